The second kappa shape index (κ2) is 8.34. The van der Waals surface area contributed by atoms with Crippen LogP contribution in [-0.2, 0) is 14.3 Å². The molecule has 0 unspecified atom stereocenters. The summed E-state index contributed by atoms with van der Waals surface area (Å²) in [6.45, 7) is -0.550. The smallest absolute Gasteiger partial charge is 0.323 e. The lowest BCUT2D eigenvalue weighted by molar-refractivity contribution is -0.140. The maximum atomic E-state index is 11.4. The first-order valence-corrected chi connectivity index (χ1v) is 4.92. The highest BCUT2D eigenvalue weighted by Crippen LogP contribution is 1.90. The van der Waals surface area contributed by atoms with Crippen LogP contribution in [0.2, 0.25) is 0 Å². The molecular weight excluding hydrogens is 232 g/mol. The van der Waals surface area contributed by atoms with Gasteiger partial charge in [0.15, 0.2) is 0 Å². The topological polar surface area (TPSA) is 116 Å². The molecule has 0 saturated carbocycles. The van der Waals surface area contributed by atoms with Crippen LogP contribution in [0.5, 0.6) is 0 Å². The molecule has 0 radical (unpaired) electrons. The normalized spacial score (nSPS) is 9.71. The van der Waals surface area contributed by atoms with Gasteiger partial charge < -0.3 is 25.2 Å². The maximum Gasteiger partial charge on any atom is 0.323 e. The highest BCUT2D eigenvalue weighted by molar-refractivity contribution is 5.84. The van der Waals surface area contributed by atoms with E-state index < -0.39 is 31.1 Å². The number of amides is 2. The second-order valence-corrected chi connectivity index (χ2v) is 3.22. The van der Waals surface area contributed by atoms with Crippen LogP contribution in [0.1, 0.15) is 6.42 Å². The predicted octanol–water partition coefficient (Wildman–Crippen LogP) is -0.796. The Labute approximate surface area is 98.2 Å². The first-order chi connectivity index (χ1) is 7.97. The molecule has 2 amide bonds. The molecule has 0 aromatic heterocycles. The van der Waals surface area contributed by atoms with Gasteiger partial charge in [-0.1, -0.05) is 0 Å². The Kier molecular flexibility index (Phi) is 7.44. The Bertz CT molecular complexity index is 265. The fourth-order valence-corrected chi connectivity index (χ4v) is 1.05. The monoisotopic (exact) mass is 248 g/mol. The van der Waals surface area contributed by atoms with Crippen molar-refractivity contribution in [3.8, 4) is 0 Å². The molecule has 0 rings (SSSR count). The molecule has 0 aromatic rings. The molecule has 0 spiro atoms. The Balaban J connectivity index is 4.12. The van der Waals surface area contributed by atoms with Crippen molar-refractivity contribution < 1.29 is 29.3 Å². The molecule has 0 heterocycles. The van der Waals surface area contributed by atoms with Gasteiger partial charge in [-0.05, 0) is 6.42 Å². The van der Waals surface area contributed by atoms with E-state index in [2.05, 4.69) is 5.32 Å². The number of nitrogens with zero attached hydrogens (tertiary/aromatic N) is 1. The number of carboxylic acids is 2. The van der Waals surface area contributed by atoms with Gasteiger partial charge in [-0.25, -0.2) is 4.79 Å². The minimum atomic E-state index is -1.27. The average Bonchev–Trinajstić information content (AvgIpc) is 2.22. The van der Waals surface area contributed by atoms with Gasteiger partial charge in [0.2, 0.25) is 0 Å². The minimum Gasteiger partial charge on any atom is -0.480 e. The van der Waals surface area contributed by atoms with Crippen LogP contribution >= 0.6 is 0 Å². The molecular formula is C9H16N2O6. The number of rotatable bonds is 8. The number of carbonyl (C=O) groups is 3. The van der Waals surface area contributed by atoms with E-state index >= 15 is 0 Å². The fraction of sp³-hybridized carbons (Fsp3) is 0.667. The lowest BCUT2D eigenvalue weighted by Gasteiger charge is -2.18. The Morgan fingerprint density at radius 3 is 2.12 bits per heavy atom. The molecule has 0 aliphatic carbocycles. The van der Waals surface area contributed by atoms with Crippen molar-refractivity contribution in [1.29, 1.82) is 0 Å². The first-order valence-electron chi connectivity index (χ1n) is 4.92. The number of urea groups is 1. The summed E-state index contributed by atoms with van der Waals surface area (Å²) in [5, 5.41) is 19.5. The largest absolute Gasteiger partial charge is 0.480 e. The van der Waals surface area contributed by atoms with Gasteiger partial charge >= 0.3 is 18.0 Å². The molecule has 8 nitrogen and oxygen atoms in total. The van der Waals surface area contributed by atoms with E-state index in [0.29, 0.717) is 24.5 Å². The number of hydrogen-bond acceptors (Lipinski definition) is 4. The van der Waals surface area contributed by atoms with Crippen LogP contribution in [0.15, 0.2) is 0 Å². The zero-order valence-electron chi connectivity index (χ0n) is 9.51. The van der Waals surface area contributed by atoms with Crippen molar-refractivity contribution >= 4 is 18.0 Å². The van der Waals surface area contributed by atoms with E-state index in [1.807, 2.05) is 0 Å². The quantitative estimate of drug-likeness (QED) is 0.484. The summed E-state index contributed by atoms with van der Waals surface area (Å²) in [5.41, 5.74) is 0. The standard InChI is InChI=1S/C9H16N2O6/c1-17-4-2-3-10-9(16)11(5-7(12)13)6-8(14)15/h2-6H2,1H3,(H,10,16)(H,12,13)(H,14,15). The van der Waals surface area contributed by atoms with Crippen LogP contribution in [-0.4, -0.2) is 66.4 Å². The lowest BCUT2D eigenvalue weighted by Crippen LogP contribution is -2.45. The number of ether oxygens (including phenoxy) is 1. The molecule has 0 aromatic carbocycles. The van der Waals surface area contributed by atoms with E-state index in [1.165, 1.54) is 7.11 Å². The highest BCUT2D eigenvalue weighted by atomic mass is 16.5. The molecule has 17 heavy (non-hydrogen) atoms. The van der Waals surface area contributed by atoms with E-state index in [9.17, 15) is 14.4 Å². The third-order valence-corrected chi connectivity index (χ3v) is 1.74. The Hall–Kier alpha value is -1.83. The van der Waals surface area contributed by atoms with Crippen molar-refractivity contribution in [2.45, 2.75) is 6.42 Å². The van der Waals surface area contributed by atoms with Crippen LogP contribution in [0.25, 0.3) is 0 Å². The minimum absolute atomic E-state index is 0.294. The molecule has 8 heteroatoms. The fourth-order valence-electron chi connectivity index (χ4n) is 1.05. The van der Waals surface area contributed by atoms with Crippen molar-refractivity contribution in [2.75, 3.05) is 33.4 Å². The number of carboxylic acid groups (broad SMARTS) is 2. The molecule has 3 N–H and O–H groups in total. The van der Waals surface area contributed by atoms with Crippen LogP contribution in [0.3, 0.4) is 0 Å². The van der Waals surface area contributed by atoms with Crippen molar-refractivity contribution in [3.05, 3.63) is 0 Å². The summed E-state index contributed by atoms with van der Waals surface area (Å²) >= 11 is 0. The SMILES string of the molecule is COCCCNC(=O)N(CC(=O)O)CC(=O)O. The average molecular weight is 248 g/mol. The third-order valence-electron chi connectivity index (χ3n) is 1.74. The second-order valence-electron chi connectivity index (χ2n) is 3.22. The summed E-state index contributed by atoms with van der Waals surface area (Å²) < 4.78 is 4.76. The number of carbonyl (C=O) groups excluding carboxylic acids is 1. The van der Waals surface area contributed by atoms with Crippen molar-refractivity contribution in [2.24, 2.45) is 0 Å². The number of methoxy groups -OCH3 is 1. The zero-order valence-corrected chi connectivity index (χ0v) is 9.51. The molecule has 0 fully saturated rings. The molecule has 0 bridgehead atoms. The van der Waals surface area contributed by atoms with Crippen molar-refractivity contribution in [1.82, 2.24) is 10.2 Å². The highest BCUT2D eigenvalue weighted by Gasteiger charge is 2.18. The van der Waals surface area contributed by atoms with Gasteiger partial charge in [-0.2, -0.15) is 0 Å². The van der Waals surface area contributed by atoms with E-state index in [1.54, 1.807) is 0 Å². The molecule has 0 saturated heterocycles. The van der Waals surface area contributed by atoms with E-state index in [-0.39, 0.29) is 0 Å². The van der Waals surface area contributed by atoms with Gasteiger partial charge in [-0.15, -0.1) is 0 Å². The molecule has 0 atom stereocenters. The Morgan fingerprint density at radius 2 is 1.71 bits per heavy atom. The van der Waals surface area contributed by atoms with Crippen molar-refractivity contribution in [3.63, 3.8) is 0 Å². The van der Waals surface area contributed by atoms with Crippen LogP contribution < -0.4 is 5.32 Å². The molecule has 0 aliphatic rings. The Morgan fingerprint density at radius 1 is 1.18 bits per heavy atom. The van der Waals surface area contributed by atoms with Gasteiger partial charge in [-0.3, -0.25) is 9.59 Å². The third kappa shape index (κ3) is 8.03. The number of nitrogens with one attached hydrogen (secondary N) is 1. The van der Waals surface area contributed by atoms with E-state index in [4.69, 9.17) is 14.9 Å². The number of hydrogen-bond donors (Lipinski definition) is 3. The van der Waals surface area contributed by atoms with E-state index in [0.717, 1.165) is 0 Å². The first kappa shape index (κ1) is 15.2. The molecule has 0 aliphatic heterocycles. The van der Waals surface area contributed by atoms with Crippen LogP contribution in [0.4, 0.5) is 4.79 Å². The summed E-state index contributed by atoms with van der Waals surface area (Å²) in [6, 6.07) is -0.717. The van der Waals surface area contributed by atoms with Gasteiger partial charge in [0, 0.05) is 20.3 Å². The van der Waals surface area contributed by atoms with Gasteiger partial charge in [0.25, 0.3) is 0 Å². The molecule has 98 valence electrons. The summed E-state index contributed by atoms with van der Waals surface area (Å²) in [4.78, 5) is 33.0. The summed E-state index contributed by atoms with van der Waals surface area (Å²) in [5.74, 6) is -2.53. The van der Waals surface area contributed by atoms with Gasteiger partial charge in [0.05, 0.1) is 0 Å². The van der Waals surface area contributed by atoms with Crippen LogP contribution in [0, 0.1) is 0 Å². The summed E-state index contributed by atoms with van der Waals surface area (Å²) in [7, 11) is 1.52. The van der Waals surface area contributed by atoms with Gasteiger partial charge in [0.1, 0.15) is 13.1 Å². The summed E-state index contributed by atoms with van der Waals surface area (Å²) in [6.07, 6.45) is 0.566. The maximum absolute atomic E-state index is 11.4. The zero-order chi connectivity index (χ0) is 13.3. The number of aliphatic carboxylic acids is 2. The lowest BCUT2D eigenvalue weighted by atomic mass is 10.4. The predicted molar refractivity (Wildman–Crippen MR) is 56.7 cm³/mol.